The summed E-state index contributed by atoms with van der Waals surface area (Å²) in [6.45, 7) is 2.33. The first-order valence-electron chi connectivity index (χ1n) is 7.12. The molecule has 7 heteroatoms. The zero-order valence-corrected chi connectivity index (χ0v) is 12.3. The maximum absolute atomic E-state index is 11.5. The van der Waals surface area contributed by atoms with Crippen LogP contribution in [-0.2, 0) is 20.8 Å². The van der Waals surface area contributed by atoms with Gasteiger partial charge in [0.05, 0.1) is 6.61 Å². The van der Waals surface area contributed by atoms with E-state index in [-0.39, 0.29) is 6.61 Å². The SMILES string of the molecule is CCOC(=O)OC1CCC(OC(=O)O)N1Cc1ccccc1. The number of carbonyl (C=O) groups excluding carboxylic acids is 1. The predicted octanol–water partition coefficient (Wildman–Crippen LogP) is 2.80. The molecular formula is C15H19NO6. The maximum Gasteiger partial charge on any atom is 0.509 e. The molecule has 1 aliphatic heterocycles. The first kappa shape index (κ1) is 16.1. The lowest BCUT2D eigenvalue weighted by Crippen LogP contribution is -2.40. The van der Waals surface area contributed by atoms with Crippen LogP contribution < -0.4 is 0 Å². The van der Waals surface area contributed by atoms with E-state index in [0.29, 0.717) is 19.4 Å². The smallest absolute Gasteiger partial charge is 0.450 e. The Balaban J connectivity index is 2.07. The average Bonchev–Trinajstić information content (AvgIpc) is 2.82. The van der Waals surface area contributed by atoms with Gasteiger partial charge in [0.25, 0.3) is 0 Å². The lowest BCUT2D eigenvalue weighted by Gasteiger charge is -2.28. The van der Waals surface area contributed by atoms with Crippen molar-refractivity contribution in [3.8, 4) is 0 Å². The number of ether oxygens (including phenoxy) is 3. The van der Waals surface area contributed by atoms with E-state index in [1.54, 1.807) is 11.8 Å². The standard InChI is InChI=1S/C15H19NO6/c1-2-20-15(19)22-13-9-8-12(21-14(17)18)16(13)10-11-6-4-3-5-7-11/h3-7,12-13H,2,8-10H2,1H3,(H,17,18). The van der Waals surface area contributed by atoms with Crippen molar-refractivity contribution in [3.05, 3.63) is 35.9 Å². The van der Waals surface area contributed by atoms with E-state index in [1.165, 1.54) is 0 Å². The maximum atomic E-state index is 11.5. The minimum atomic E-state index is -1.35. The average molecular weight is 309 g/mol. The predicted molar refractivity (Wildman–Crippen MR) is 76.0 cm³/mol. The van der Waals surface area contributed by atoms with E-state index in [0.717, 1.165) is 5.56 Å². The lowest BCUT2D eigenvalue weighted by atomic mass is 10.2. The zero-order valence-electron chi connectivity index (χ0n) is 12.3. The van der Waals surface area contributed by atoms with Crippen LogP contribution >= 0.6 is 0 Å². The topological polar surface area (TPSA) is 85.3 Å². The van der Waals surface area contributed by atoms with Gasteiger partial charge in [0.1, 0.15) is 0 Å². The molecule has 1 N–H and O–H groups in total. The second-order valence-electron chi connectivity index (χ2n) is 4.83. The molecule has 2 atom stereocenters. The van der Waals surface area contributed by atoms with Gasteiger partial charge in [-0.25, -0.2) is 14.5 Å². The molecule has 0 aliphatic carbocycles. The molecule has 1 aromatic rings. The first-order chi connectivity index (χ1) is 10.6. The molecule has 1 fully saturated rings. The second kappa shape index (κ2) is 7.65. The van der Waals surface area contributed by atoms with Crippen LogP contribution in [0.15, 0.2) is 30.3 Å². The summed E-state index contributed by atoms with van der Waals surface area (Å²) in [5.74, 6) is 0. The van der Waals surface area contributed by atoms with Crippen molar-refractivity contribution in [2.75, 3.05) is 6.61 Å². The number of benzene rings is 1. The van der Waals surface area contributed by atoms with Gasteiger partial charge >= 0.3 is 12.3 Å². The quantitative estimate of drug-likeness (QED) is 0.837. The Morgan fingerprint density at radius 2 is 1.82 bits per heavy atom. The molecule has 0 aromatic heterocycles. The summed E-state index contributed by atoms with van der Waals surface area (Å²) in [7, 11) is 0. The lowest BCUT2D eigenvalue weighted by molar-refractivity contribution is -0.0915. The van der Waals surface area contributed by atoms with Gasteiger partial charge in [-0.2, -0.15) is 0 Å². The molecule has 0 amide bonds. The van der Waals surface area contributed by atoms with Gasteiger partial charge in [-0.05, 0) is 12.5 Å². The van der Waals surface area contributed by atoms with E-state index >= 15 is 0 Å². The first-order valence-corrected chi connectivity index (χ1v) is 7.12. The summed E-state index contributed by atoms with van der Waals surface area (Å²) >= 11 is 0. The fraction of sp³-hybridized carbons (Fsp3) is 0.467. The number of hydrogen-bond acceptors (Lipinski definition) is 6. The molecule has 0 radical (unpaired) electrons. The zero-order chi connectivity index (χ0) is 15.9. The Kier molecular flexibility index (Phi) is 5.60. The van der Waals surface area contributed by atoms with Gasteiger partial charge in [0, 0.05) is 19.4 Å². The highest BCUT2D eigenvalue weighted by atomic mass is 16.7. The van der Waals surface area contributed by atoms with E-state index in [9.17, 15) is 9.59 Å². The molecule has 2 rings (SSSR count). The molecule has 1 heterocycles. The van der Waals surface area contributed by atoms with Gasteiger partial charge in [-0.3, -0.25) is 0 Å². The summed E-state index contributed by atoms with van der Waals surface area (Å²) in [4.78, 5) is 24.0. The number of carbonyl (C=O) groups is 2. The molecule has 7 nitrogen and oxygen atoms in total. The third kappa shape index (κ3) is 4.36. The molecule has 0 spiro atoms. The molecule has 1 saturated heterocycles. The van der Waals surface area contributed by atoms with Crippen LogP contribution in [-0.4, -0.2) is 41.4 Å². The summed E-state index contributed by atoms with van der Waals surface area (Å²) in [5.41, 5.74) is 0.973. The highest BCUT2D eigenvalue weighted by molar-refractivity contribution is 5.60. The van der Waals surface area contributed by atoms with Gasteiger partial charge in [-0.1, -0.05) is 30.3 Å². The molecule has 0 saturated carbocycles. The van der Waals surface area contributed by atoms with Crippen molar-refractivity contribution in [2.45, 2.75) is 38.8 Å². The van der Waals surface area contributed by atoms with Crippen LogP contribution in [0.5, 0.6) is 0 Å². The normalized spacial score (nSPS) is 21.3. The molecule has 1 aromatic carbocycles. The molecule has 2 unspecified atom stereocenters. The Morgan fingerprint density at radius 3 is 2.41 bits per heavy atom. The highest BCUT2D eigenvalue weighted by Gasteiger charge is 2.38. The largest absolute Gasteiger partial charge is 0.509 e. The third-order valence-electron chi connectivity index (χ3n) is 3.34. The van der Waals surface area contributed by atoms with Gasteiger partial charge in [0.15, 0.2) is 12.5 Å². The second-order valence-corrected chi connectivity index (χ2v) is 4.83. The number of carboxylic acid groups (broad SMARTS) is 1. The number of nitrogens with zero attached hydrogens (tertiary/aromatic N) is 1. The Hall–Kier alpha value is -2.28. The van der Waals surface area contributed by atoms with Crippen molar-refractivity contribution in [1.82, 2.24) is 4.90 Å². The third-order valence-corrected chi connectivity index (χ3v) is 3.34. The summed E-state index contributed by atoms with van der Waals surface area (Å²) < 4.78 is 14.9. The Labute approximate surface area is 128 Å². The Bertz CT molecular complexity index is 506. The van der Waals surface area contributed by atoms with Gasteiger partial charge in [-0.15, -0.1) is 0 Å². The number of rotatable bonds is 5. The summed E-state index contributed by atoms with van der Waals surface area (Å²) in [6.07, 6.45) is -2.37. The summed E-state index contributed by atoms with van der Waals surface area (Å²) in [6, 6.07) is 9.50. The van der Waals surface area contributed by atoms with E-state index in [2.05, 4.69) is 0 Å². The molecule has 0 bridgehead atoms. The minimum Gasteiger partial charge on any atom is -0.450 e. The molecular weight excluding hydrogens is 290 g/mol. The van der Waals surface area contributed by atoms with Crippen molar-refractivity contribution in [2.24, 2.45) is 0 Å². The van der Waals surface area contributed by atoms with Crippen LogP contribution in [0.2, 0.25) is 0 Å². The Morgan fingerprint density at radius 1 is 1.18 bits per heavy atom. The van der Waals surface area contributed by atoms with Crippen molar-refractivity contribution >= 4 is 12.3 Å². The summed E-state index contributed by atoms with van der Waals surface area (Å²) in [5, 5.41) is 8.83. The van der Waals surface area contributed by atoms with Crippen LogP contribution in [0, 0.1) is 0 Å². The molecule has 1 aliphatic rings. The fourth-order valence-electron chi connectivity index (χ4n) is 2.43. The molecule has 120 valence electrons. The van der Waals surface area contributed by atoms with Gasteiger partial charge < -0.3 is 19.3 Å². The van der Waals surface area contributed by atoms with Crippen molar-refractivity contribution < 1.29 is 28.9 Å². The van der Waals surface area contributed by atoms with Crippen LogP contribution in [0.3, 0.4) is 0 Å². The van der Waals surface area contributed by atoms with Crippen LogP contribution in [0.1, 0.15) is 25.3 Å². The number of likely N-dealkylation sites (tertiary alicyclic amines) is 1. The molecule has 22 heavy (non-hydrogen) atoms. The number of hydrogen-bond donors (Lipinski definition) is 1. The monoisotopic (exact) mass is 309 g/mol. The van der Waals surface area contributed by atoms with E-state index in [1.807, 2.05) is 30.3 Å². The minimum absolute atomic E-state index is 0.222. The highest BCUT2D eigenvalue weighted by Crippen LogP contribution is 2.28. The van der Waals surface area contributed by atoms with Gasteiger partial charge in [0.2, 0.25) is 0 Å². The fourth-order valence-corrected chi connectivity index (χ4v) is 2.43. The van der Waals surface area contributed by atoms with Crippen LogP contribution in [0.4, 0.5) is 9.59 Å². The van der Waals surface area contributed by atoms with Crippen molar-refractivity contribution in [3.63, 3.8) is 0 Å². The van der Waals surface area contributed by atoms with E-state index in [4.69, 9.17) is 19.3 Å². The van der Waals surface area contributed by atoms with E-state index < -0.39 is 24.8 Å². The van der Waals surface area contributed by atoms with Crippen molar-refractivity contribution in [1.29, 1.82) is 0 Å². The van der Waals surface area contributed by atoms with Crippen LogP contribution in [0.25, 0.3) is 0 Å².